The fourth-order valence-electron chi connectivity index (χ4n) is 3.13. The molecule has 1 aliphatic heterocycles. The molecule has 1 amide bonds. The molecule has 0 aromatic carbocycles. The summed E-state index contributed by atoms with van der Waals surface area (Å²) in [6.45, 7) is 9.28. The van der Waals surface area contributed by atoms with Gasteiger partial charge in [0, 0.05) is 23.4 Å². The van der Waals surface area contributed by atoms with Crippen molar-refractivity contribution in [1.82, 2.24) is 20.4 Å². The first-order valence-corrected chi connectivity index (χ1v) is 10.8. The molecule has 0 saturated carbocycles. The number of thiophene rings is 1. The van der Waals surface area contributed by atoms with Gasteiger partial charge in [-0.25, -0.2) is 4.79 Å². The Morgan fingerprint density at radius 3 is 2.71 bits per heavy atom. The molecule has 28 heavy (non-hydrogen) atoms. The maximum absolute atomic E-state index is 11.7. The minimum atomic E-state index is -0.437. The first-order chi connectivity index (χ1) is 13.4. The quantitative estimate of drug-likeness (QED) is 0.773. The van der Waals surface area contributed by atoms with Crippen LogP contribution in [-0.4, -0.2) is 46.4 Å². The Balaban J connectivity index is 1.48. The number of amides is 1. The summed E-state index contributed by atoms with van der Waals surface area (Å²) in [4.78, 5) is 20.9. The number of carbonyl (C=O) groups excluding carboxylic acids is 1. The van der Waals surface area contributed by atoms with Gasteiger partial charge in [0.25, 0.3) is 5.89 Å². The van der Waals surface area contributed by atoms with Gasteiger partial charge in [0.1, 0.15) is 6.61 Å². The van der Waals surface area contributed by atoms with Gasteiger partial charge in [-0.3, -0.25) is 4.90 Å². The zero-order chi connectivity index (χ0) is 20.0. The van der Waals surface area contributed by atoms with Gasteiger partial charge in [0.15, 0.2) is 5.82 Å². The lowest BCUT2D eigenvalue weighted by molar-refractivity contribution is 0.138. The summed E-state index contributed by atoms with van der Waals surface area (Å²) < 4.78 is 10.6. The average molecular weight is 407 g/mol. The van der Waals surface area contributed by atoms with Crippen molar-refractivity contribution in [3.63, 3.8) is 0 Å². The molecule has 154 valence electrons. The summed E-state index contributed by atoms with van der Waals surface area (Å²) in [7, 11) is 0. The second-order valence-electron chi connectivity index (χ2n) is 8.23. The average Bonchev–Trinajstić information content (AvgIpc) is 3.18. The Bertz CT molecular complexity index is 758. The third kappa shape index (κ3) is 6.60. The highest BCUT2D eigenvalue weighted by Crippen LogP contribution is 2.28. The molecule has 1 fully saturated rings. The van der Waals surface area contributed by atoms with Crippen LogP contribution in [0.15, 0.2) is 16.7 Å². The number of rotatable bonds is 6. The molecule has 0 bridgehead atoms. The van der Waals surface area contributed by atoms with Crippen LogP contribution in [0.1, 0.15) is 57.2 Å². The van der Waals surface area contributed by atoms with Crippen molar-refractivity contribution in [2.24, 2.45) is 0 Å². The molecule has 7 nitrogen and oxygen atoms in total. The predicted molar refractivity (Wildman–Crippen MR) is 109 cm³/mol. The molecule has 3 heterocycles. The van der Waals surface area contributed by atoms with Crippen molar-refractivity contribution >= 4 is 17.4 Å². The van der Waals surface area contributed by atoms with E-state index < -0.39 is 6.09 Å². The van der Waals surface area contributed by atoms with E-state index in [9.17, 15) is 4.79 Å². The zero-order valence-corrected chi connectivity index (χ0v) is 17.8. The number of hydrogen-bond donors (Lipinski definition) is 1. The van der Waals surface area contributed by atoms with Gasteiger partial charge in [-0.15, -0.1) is 11.3 Å². The van der Waals surface area contributed by atoms with Gasteiger partial charge in [0.05, 0.1) is 4.88 Å². The van der Waals surface area contributed by atoms with E-state index in [1.165, 1.54) is 43.6 Å². The van der Waals surface area contributed by atoms with Crippen molar-refractivity contribution < 1.29 is 14.1 Å². The Morgan fingerprint density at radius 1 is 1.25 bits per heavy atom. The minimum Gasteiger partial charge on any atom is -0.449 e. The summed E-state index contributed by atoms with van der Waals surface area (Å²) in [6, 6.07) is 4.19. The highest BCUT2D eigenvalue weighted by molar-refractivity contribution is 7.15. The van der Waals surface area contributed by atoms with Crippen molar-refractivity contribution in [2.75, 3.05) is 19.7 Å². The first kappa shape index (κ1) is 20.8. The normalized spacial score (nSPS) is 16.0. The summed E-state index contributed by atoms with van der Waals surface area (Å²) in [5.41, 5.74) is -0.319. The molecule has 2 aromatic rings. The number of nitrogens with one attached hydrogen (secondary N) is 1. The number of aromatic nitrogens is 2. The van der Waals surface area contributed by atoms with Crippen LogP contribution >= 0.6 is 11.3 Å². The van der Waals surface area contributed by atoms with Crippen LogP contribution in [0.25, 0.3) is 10.8 Å². The first-order valence-electron chi connectivity index (χ1n) is 9.98. The van der Waals surface area contributed by atoms with Gasteiger partial charge >= 0.3 is 6.09 Å². The maximum atomic E-state index is 11.7. The van der Waals surface area contributed by atoms with Crippen molar-refractivity contribution in [2.45, 2.75) is 65.0 Å². The van der Waals surface area contributed by atoms with Crippen molar-refractivity contribution in [3.8, 4) is 10.8 Å². The van der Waals surface area contributed by atoms with Crippen LogP contribution in [0.2, 0.25) is 0 Å². The van der Waals surface area contributed by atoms with Gasteiger partial charge in [-0.1, -0.05) is 18.0 Å². The predicted octanol–water partition coefficient (Wildman–Crippen LogP) is 4.24. The lowest BCUT2D eigenvalue weighted by Gasteiger charge is -2.19. The van der Waals surface area contributed by atoms with Gasteiger partial charge in [-0.2, -0.15) is 4.98 Å². The monoisotopic (exact) mass is 406 g/mol. The molecule has 0 unspecified atom stereocenters. The van der Waals surface area contributed by atoms with Crippen LogP contribution < -0.4 is 5.32 Å². The SMILES string of the molecule is CC(C)(C)NC(=O)OCCc1noc(-c2ccc(CN3CCCCCC3)s2)n1. The molecule has 2 aromatic heterocycles. The van der Waals surface area contributed by atoms with E-state index in [2.05, 4.69) is 26.4 Å². The number of nitrogens with zero attached hydrogens (tertiary/aromatic N) is 3. The van der Waals surface area contributed by atoms with E-state index in [4.69, 9.17) is 9.26 Å². The lowest BCUT2D eigenvalue weighted by Crippen LogP contribution is -2.41. The summed E-state index contributed by atoms with van der Waals surface area (Å²) in [5, 5.41) is 6.75. The maximum Gasteiger partial charge on any atom is 0.407 e. The van der Waals surface area contributed by atoms with E-state index in [1.54, 1.807) is 11.3 Å². The van der Waals surface area contributed by atoms with Gasteiger partial charge in [-0.05, 0) is 58.8 Å². The molecule has 1 aliphatic rings. The Labute approximate surface area is 170 Å². The largest absolute Gasteiger partial charge is 0.449 e. The highest BCUT2D eigenvalue weighted by atomic mass is 32.1. The molecular weight excluding hydrogens is 376 g/mol. The second-order valence-corrected chi connectivity index (χ2v) is 9.40. The van der Waals surface area contributed by atoms with E-state index in [-0.39, 0.29) is 12.1 Å². The molecule has 0 spiro atoms. The third-order valence-electron chi connectivity index (χ3n) is 4.45. The lowest BCUT2D eigenvalue weighted by atomic mass is 10.1. The van der Waals surface area contributed by atoms with Crippen LogP contribution in [0.4, 0.5) is 4.79 Å². The van der Waals surface area contributed by atoms with Gasteiger partial charge in [0.2, 0.25) is 0 Å². The number of ether oxygens (including phenoxy) is 1. The summed E-state index contributed by atoms with van der Waals surface area (Å²) >= 11 is 1.70. The van der Waals surface area contributed by atoms with Crippen LogP contribution in [0.5, 0.6) is 0 Å². The number of alkyl carbamates (subject to hydrolysis) is 1. The Morgan fingerprint density at radius 2 is 2.00 bits per heavy atom. The van der Waals surface area contributed by atoms with E-state index in [0.29, 0.717) is 18.1 Å². The van der Waals surface area contributed by atoms with Crippen LogP contribution in [0.3, 0.4) is 0 Å². The van der Waals surface area contributed by atoms with Crippen LogP contribution in [-0.2, 0) is 17.7 Å². The summed E-state index contributed by atoms with van der Waals surface area (Å²) in [6.07, 6.45) is 5.26. The zero-order valence-electron chi connectivity index (χ0n) is 17.0. The van der Waals surface area contributed by atoms with Crippen LogP contribution in [0, 0.1) is 0 Å². The van der Waals surface area contributed by atoms with E-state index >= 15 is 0 Å². The molecule has 3 rings (SSSR count). The van der Waals surface area contributed by atoms with E-state index in [1.807, 2.05) is 26.8 Å². The summed E-state index contributed by atoms with van der Waals surface area (Å²) in [5.74, 6) is 1.07. The van der Waals surface area contributed by atoms with Gasteiger partial charge < -0.3 is 14.6 Å². The molecule has 0 aliphatic carbocycles. The van der Waals surface area contributed by atoms with Crippen molar-refractivity contribution in [1.29, 1.82) is 0 Å². The highest BCUT2D eigenvalue weighted by Gasteiger charge is 2.16. The van der Waals surface area contributed by atoms with Crippen molar-refractivity contribution in [3.05, 3.63) is 22.8 Å². The fraction of sp³-hybridized carbons (Fsp3) is 0.650. The Hall–Kier alpha value is -1.93. The topological polar surface area (TPSA) is 80.5 Å². The molecule has 8 heteroatoms. The minimum absolute atomic E-state index is 0.214. The third-order valence-corrected chi connectivity index (χ3v) is 5.51. The van der Waals surface area contributed by atoms with E-state index in [0.717, 1.165) is 11.4 Å². The number of likely N-dealkylation sites (tertiary alicyclic amines) is 1. The fourth-order valence-corrected chi connectivity index (χ4v) is 4.10. The Kier molecular flexibility index (Phi) is 7.07. The molecule has 0 radical (unpaired) electrons. The molecule has 1 N–H and O–H groups in total. The molecule has 1 saturated heterocycles. The number of hydrogen-bond acceptors (Lipinski definition) is 7. The smallest absolute Gasteiger partial charge is 0.407 e. The molecule has 0 atom stereocenters. The standard InChI is InChI=1S/C20H30N4O3S/c1-20(2,3)22-19(25)26-13-10-17-21-18(27-23-17)16-9-8-15(28-16)14-24-11-6-4-5-7-12-24/h8-9H,4-7,10-14H2,1-3H3,(H,22,25). The second kappa shape index (κ2) is 9.52. The number of carbonyl (C=O) groups is 1. The molecular formula is C20H30N4O3S.